The number of hydrogen-bond acceptors (Lipinski definition) is 4. The molecule has 1 aromatic rings. The van der Waals surface area contributed by atoms with E-state index in [1.807, 2.05) is 12.1 Å². The number of methoxy groups -OCH3 is 2. The number of fused-ring (bicyclic) bond motifs is 1. The molecule has 1 saturated heterocycles. The van der Waals surface area contributed by atoms with Crippen LogP contribution in [-0.4, -0.2) is 32.6 Å². The van der Waals surface area contributed by atoms with Crippen LogP contribution in [0, 0.1) is 5.92 Å². The maximum absolute atomic E-state index is 11.7. The second kappa shape index (κ2) is 5.35. The molecule has 2 atom stereocenters. The van der Waals surface area contributed by atoms with E-state index >= 15 is 0 Å². The fraction of sp³-hybridized carbons (Fsp3) is 0.562. The zero-order chi connectivity index (χ0) is 14.1. The number of hydrogen-bond donors (Lipinski definition) is 0. The fourth-order valence-corrected chi connectivity index (χ4v) is 3.54. The van der Waals surface area contributed by atoms with E-state index in [0.717, 1.165) is 36.6 Å². The second-order valence-corrected chi connectivity index (χ2v) is 5.63. The van der Waals surface area contributed by atoms with Crippen molar-refractivity contribution in [3.63, 3.8) is 0 Å². The Morgan fingerprint density at radius 1 is 1.15 bits per heavy atom. The van der Waals surface area contributed by atoms with Gasteiger partial charge in [-0.3, -0.25) is 4.79 Å². The quantitative estimate of drug-likeness (QED) is 0.850. The molecule has 3 rings (SSSR count). The van der Waals surface area contributed by atoms with Gasteiger partial charge in [0.1, 0.15) is 5.78 Å². The first-order chi connectivity index (χ1) is 9.72. The van der Waals surface area contributed by atoms with Crippen LogP contribution in [-0.2, 0) is 4.79 Å². The minimum atomic E-state index is 0.370. The lowest BCUT2D eigenvalue weighted by atomic mass is 9.84. The van der Waals surface area contributed by atoms with Crippen LogP contribution in [0.25, 0.3) is 0 Å². The molecule has 2 fully saturated rings. The number of ketones is 1. The molecular weight excluding hydrogens is 254 g/mol. The molecular formula is C16H21NO3. The standard InChI is InChI=1S/C16H21NO3/c1-19-15-6-4-12(9-16(15)20-2)17-8-7-11-3-5-13(18)10-14(11)17/h4,6,9,11,14H,3,5,7-8,10H2,1-2H3. The minimum absolute atomic E-state index is 0.370. The molecule has 20 heavy (non-hydrogen) atoms. The Labute approximate surface area is 119 Å². The van der Waals surface area contributed by atoms with E-state index < -0.39 is 0 Å². The van der Waals surface area contributed by atoms with Gasteiger partial charge in [0, 0.05) is 37.2 Å². The van der Waals surface area contributed by atoms with Gasteiger partial charge in [0.15, 0.2) is 11.5 Å². The highest BCUT2D eigenvalue weighted by Crippen LogP contribution is 2.40. The van der Waals surface area contributed by atoms with Crippen LogP contribution >= 0.6 is 0 Å². The first-order valence-electron chi connectivity index (χ1n) is 7.23. The van der Waals surface area contributed by atoms with Crippen LogP contribution in [0.2, 0.25) is 0 Å². The summed E-state index contributed by atoms with van der Waals surface area (Å²) in [6.07, 6.45) is 3.69. The van der Waals surface area contributed by atoms with Crippen LogP contribution in [0.5, 0.6) is 11.5 Å². The van der Waals surface area contributed by atoms with Crippen LogP contribution in [0.4, 0.5) is 5.69 Å². The summed E-state index contributed by atoms with van der Waals surface area (Å²) in [7, 11) is 3.29. The molecule has 2 aliphatic rings. The highest BCUT2D eigenvalue weighted by Gasteiger charge is 2.38. The number of nitrogens with zero attached hydrogens (tertiary/aromatic N) is 1. The third kappa shape index (κ3) is 2.23. The number of ether oxygens (including phenoxy) is 2. The Balaban J connectivity index is 1.87. The van der Waals surface area contributed by atoms with Crippen molar-refractivity contribution >= 4 is 11.5 Å². The molecule has 1 aromatic carbocycles. The largest absolute Gasteiger partial charge is 0.493 e. The Bertz CT molecular complexity index is 514. The molecule has 0 N–H and O–H groups in total. The lowest BCUT2D eigenvalue weighted by molar-refractivity contribution is -0.121. The predicted molar refractivity (Wildman–Crippen MR) is 77.6 cm³/mol. The van der Waals surface area contributed by atoms with E-state index in [4.69, 9.17) is 9.47 Å². The molecule has 0 amide bonds. The van der Waals surface area contributed by atoms with Gasteiger partial charge in [0.2, 0.25) is 0 Å². The van der Waals surface area contributed by atoms with Gasteiger partial charge in [0.25, 0.3) is 0 Å². The predicted octanol–water partition coefficient (Wildman–Crippen LogP) is 2.65. The third-order valence-electron chi connectivity index (χ3n) is 4.61. The summed E-state index contributed by atoms with van der Waals surface area (Å²) in [5, 5.41) is 0. The van der Waals surface area contributed by atoms with Crippen molar-refractivity contribution in [2.75, 3.05) is 25.7 Å². The summed E-state index contributed by atoms with van der Waals surface area (Å²) >= 11 is 0. The summed E-state index contributed by atoms with van der Waals surface area (Å²) in [6.45, 7) is 1.03. The molecule has 0 bridgehead atoms. The number of carbonyl (C=O) groups is 1. The van der Waals surface area contributed by atoms with Crippen molar-refractivity contribution in [1.29, 1.82) is 0 Å². The molecule has 2 unspecified atom stereocenters. The van der Waals surface area contributed by atoms with Gasteiger partial charge in [-0.15, -0.1) is 0 Å². The lowest BCUT2D eigenvalue weighted by Gasteiger charge is -2.32. The lowest BCUT2D eigenvalue weighted by Crippen LogP contribution is -2.37. The minimum Gasteiger partial charge on any atom is -0.493 e. The second-order valence-electron chi connectivity index (χ2n) is 5.63. The van der Waals surface area contributed by atoms with E-state index in [9.17, 15) is 4.79 Å². The number of rotatable bonds is 3. The van der Waals surface area contributed by atoms with Gasteiger partial charge in [-0.05, 0) is 30.9 Å². The van der Waals surface area contributed by atoms with Gasteiger partial charge >= 0.3 is 0 Å². The van der Waals surface area contributed by atoms with E-state index in [0.29, 0.717) is 24.2 Å². The topological polar surface area (TPSA) is 38.8 Å². The number of benzene rings is 1. The van der Waals surface area contributed by atoms with Crippen molar-refractivity contribution in [2.24, 2.45) is 5.92 Å². The molecule has 4 heteroatoms. The van der Waals surface area contributed by atoms with Gasteiger partial charge in [-0.1, -0.05) is 0 Å². The Hall–Kier alpha value is -1.71. The molecule has 4 nitrogen and oxygen atoms in total. The van der Waals surface area contributed by atoms with Crippen molar-refractivity contribution in [2.45, 2.75) is 31.7 Å². The molecule has 1 saturated carbocycles. The summed E-state index contributed by atoms with van der Waals surface area (Å²) < 4.78 is 10.7. The van der Waals surface area contributed by atoms with Crippen molar-refractivity contribution < 1.29 is 14.3 Å². The normalized spacial score (nSPS) is 25.5. The van der Waals surface area contributed by atoms with Gasteiger partial charge in [-0.2, -0.15) is 0 Å². The highest BCUT2D eigenvalue weighted by atomic mass is 16.5. The Kier molecular flexibility index (Phi) is 3.55. The maximum Gasteiger partial charge on any atom is 0.162 e. The smallest absolute Gasteiger partial charge is 0.162 e. The molecule has 0 radical (unpaired) electrons. The summed E-state index contributed by atoms with van der Waals surface area (Å²) in [6, 6.07) is 6.38. The molecule has 1 heterocycles. The summed E-state index contributed by atoms with van der Waals surface area (Å²) in [5.74, 6) is 2.56. The van der Waals surface area contributed by atoms with Crippen molar-refractivity contribution in [3.8, 4) is 11.5 Å². The monoisotopic (exact) mass is 275 g/mol. The van der Waals surface area contributed by atoms with Crippen LogP contribution < -0.4 is 14.4 Å². The zero-order valence-electron chi connectivity index (χ0n) is 12.1. The number of Topliss-reactive ketones (excluding diaryl/α,β-unsaturated/α-hetero) is 1. The van der Waals surface area contributed by atoms with E-state index in [1.165, 1.54) is 6.42 Å². The first kappa shape index (κ1) is 13.3. The fourth-order valence-electron chi connectivity index (χ4n) is 3.54. The van der Waals surface area contributed by atoms with Crippen LogP contribution in [0.15, 0.2) is 18.2 Å². The van der Waals surface area contributed by atoms with E-state index in [-0.39, 0.29) is 0 Å². The van der Waals surface area contributed by atoms with Crippen molar-refractivity contribution in [1.82, 2.24) is 0 Å². The first-order valence-corrected chi connectivity index (χ1v) is 7.23. The van der Waals surface area contributed by atoms with E-state index in [1.54, 1.807) is 14.2 Å². The summed E-state index contributed by atoms with van der Waals surface area (Å²) in [5.41, 5.74) is 1.13. The third-order valence-corrected chi connectivity index (χ3v) is 4.61. The number of carbonyl (C=O) groups excluding carboxylic acids is 1. The average molecular weight is 275 g/mol. The van der Waals surface area contributed by atoms with Crippen LogP contribution in [0.3, 0.4) is 0 Å². The SMILES string of the molecule is COc1ccc(N2CCC3CCC(=O)CC32)cc1OC. The molecule has 1 aliphatic heterocycles. The molecule has 1 aliphatic carbocycles. The molecule has 0 spiro atoms. The van der Waals surface area contributed by atoms with Crippen molar-refractivity contribution in [3.05, 3.63) is 18.2 Å². The highest BCUT2D eigenvalue weighted by molar-refractivity contribution is 5.81. The number of anilines is 1. The van der Waals surface area contributed by atoms with E-state index in [2.05, 4.69) is 11.0 Å². The summed E-state index contributed by atoms with van der Waals surface area (Å²) in [4.78, 5) is 14.1. The van der Waals surface area contributed by atoms with Gasteiger partial charge < -0.3 is 14.4 Å². The molecule has 108 valence electrons. The van der Waals surface area contributed by atoms with Gasteiger partial charge in [0.05, 0.1) is 14.2 Å². The molecule has 0 aromatic heterocycles. The Morgan fingerprint density at radius 2 is 1.95 bits per heavy atom. The zero-order valence-corrected chi connectivity index (χ0v) is 12.1. The maximum atomic E-state index is 11.7. The van der Waals surface area contributed by atoms with Crippen LogP contribution in [0.1, 0.15) is 25.7 Å². The van der Waals surface area contributed by atoms with Gasteiger partial charge in [-0.25, -0.2) is 0 Å². The average Bonchev–Trinajstić information content (AvgIpc) is 2.89. The Morgan fingerprint density at radius 3 is 2.70 bits per heavy atom.